The van der Waals surface area contributed by atoms with E-state index in [0.717, 1.165) is 12.3 Å². The Bertz CT molecular complexity index is 384. The van der Waals surface area contributed by atoms with Crippen LogP contribution >= 0.6 is 11.6 Å². The third-order valence-electron chi connectivity index (χ3n) is 2.91. The Morgan fingerprint density at radius 1 is 1.41 bits per heavy atom. The predicted molar refractivity (Wildman–Crippen MR) is 66.4 cm³/mol. The lowest BCUT2D eigenvalue weighted by atomic mass is 10.1. The van der Waals surface area contributed by atoms with Crippen molar-refractivity contribution in [2.24, 2.45) is 5.92 Å². The molecule has 0 amide bonds. The first-order valence-corrected chi connectivity index (χ1v) is 6.31. The summed E-state index contributed by atoms with van der Waals surface area (Å²) in [5, 5.41) is 3.44. The quantitative estimate of drug-likeness (QED) is 0.848. The summed E-state index contributed by atoms with van der Waals surface area (Å²) in [7, 11) is 1.51. The number of ether oxygens (including phenoxy) is 1. The maximum atomic E-state index is 5.79. The van der Waals surface area contributed by atoms with Crippen molar-refractivity contribution in [2.75, 3.05) is 12.4 Å². The van der Waals surface area contributed by atoms with Crippen LogP contribution in [0.1, 0.15) is 32.6 Å². The number of hydrogen-bond donors (Lipinski definition) is 1. The molecule has 0 saturated heterocycles. The molecule has 1 saturated carbocycles. The topological polar surface area (TPSA) is 59.9 Å². The summed E-state index contributed by atoms with van der Waals surface area (Å²) in [6.45, 7) is 2.15. The van der Waals surface area contributed by atoms with Crippen LogP contribution in [0, 0.1) is 5.92 Å². The summed E-state index contributed by atoms with van der Waals surface area (Å²) >= 11 is 5.79. The van der Waals surface area contributed by atoms with E-state index in [9.17, 15) is 0 Å². The number of methoxy groups -OCH3 is 1. The second-order valence-electron chi connectivity index (χ2n) is 4.34. The van der Waals surface area contributed by atoms with Gasteiger partial charge >= 0.3 is 6.01 Å². The summed E-state index contributed by atoms with van der Waals surface area (Å²) in [5.41, 5.74) is 0. The molecular weight excluding hydrogens is 240 g/mol. The molecule has 0 spiro atoms. The Balaban J connectivity index is 2.01. The molecule has 5 nitrogen and oxygen atoms in total. The van der Waals surface area contributed by atoms with Crippen LogP contribution in [0.5, 0.6) is 6.01 Å². The second-order valence-corrected chi connectivity index (χ2v) is 4.68. The van der Waals surface area contributed by atoms with Gasteiger partial charge in [0.15, 0.2) is 0 Å². The zero-order valence-corrected chi connectivity index (χ0v) is 10.9. The number of nitrogens with one attached hydrogen (secondary N) is 1. The largest absolute Gasteiger partial charge is 0.467 e. The Morgan fingerprint density at radius 3 is 2.76 bits per heavy atom. The van der Waals surface area contributed by atoms with E-state index in [1.165, 1.54) is 26.4 Å². The molecule has 17 heavy (non-hydrogen) atoms. The number of aromatic nitrogens is 3. The van der Waals surface area contributed by atoms with Gasteiger partial charge in [0.25, 0.3) is 0 Å². The molecule has 6 heteroatoms. The number of halogens is 1. The van der Waals surface area contributed by atoms with Crippen molar-refractivity contribution in [1.82, 2.24) is 15.0 Å². The molecule has 0 aliphatic heterocycles. The van der Waals surface area contributed by atoms with Crippen LogP contribution in [-0.4, -0.2) is 28.1 Å². The van der Waals surface area contributed by atoms with Crippen LogP contribution in [0.2, 0.25) is 5.28 Å². The van der Waals surface area contributed by atoms with Crippen molar-refractivity contribution in [2.45, 2.75) is 38.6 Å². The highest BCUT2D eigenvalue weighted by molar-refractivity contribution is 6.28. The van der Waals surface area contributed by atoms with E-state index in [2.05, 4.69) is 27.2 Å². The van der Waals surface area contributed by atoms with Gasteiger partial charge < -0.3 is 10.1 Å². The van der Waals surface area contributed by atoms with Crippen molar-refractivity contribution in [3.05, 3.63) is 5.28 Å². The van der Waals surface area contributed by atoms with Gasteiger partial charge in [-0.15, -0.1) is 0 Å². The minimum absolute atomic E-state index is 0.153. The molecule has 1 atom stereocenters. The van der Waals surface area contributed by atoms with E-state index in [0.29, 0.717) is 12.0 Å². The number of anilines is 1. The predicted octanol–water partition coefficient (Wildman–Crippen LogP) is 2.52. The highest BCUT2D eigenvalue weighted by Crippen LogP contribution is 2.34. The highest BCUT2D eigenvalue weighted by atomic mass is 35.5. The summed E-state index contributed by atoms with van der Waals surface area (Å²) in [6.07, 6.45) is 4.91. The first-order valence-electron chi connectivity index (χ1n) is 5.93. The molecule has 1 N–H and O–H groups in total. The smallest absolute Gasteiger partial charge is 0.322 e. The van der Waals surface area contributed by atoms with Crippen molar-refractivity contribution in [1.29, 1.82) is 0 Å². The molecule has 0 bridgehead atoms. The van der Waals surface area contributed by atoms with Gasteiger partial charge in [-0.25, -0.2) is 0 Å². The second kappa shape index (κ2) is 5.49. The lowest BCUT2D eigenvalue weighted by molar-refractivity contribution is 0.378. The summed E-state index contributed by atoms with van der Waals surface area (Å²) in [5.74, 6) is 1.36. The molecule has 94 valence electrons. The third kappa shape index (κ3) is 3.70. The normalized spacial score (nSPS) is 16.6. The molecule has 1 aromatic heterocycles. The van der Waals surface area contributed by atoms with Crippen LogP contribution in [0.3, 0.4) is 0 Å². The molecule has 1 aliphatic carbocycles. The molecule has 2 rings (SSSR count). The summed E-state index contributed by atoms with van der Waals surface area (Å²) in [6, 6.07) is 0.638. The van der Waals surface area contributed by atoms with Crippen molar-refractivity contribution in [3.8, 4) is 6.01 Å². The Labute approximate surface area is 106 Å². The van der Waals surface area contributed by atoms with Crippen molar-refractivity contribution in [3.63, 3.8) is 0 Å². The van der Waals surface area contributed by atoms with Gasteiger partial charge in [-0.3, -0.25) is 0 Å². The van der Waals surface area contributed by atoms with Crippen LogP contribution in [-0.2, 0) is 0 Å². The van der Waals surface area contributed by atoms with Gasteiger partial charge in [0.2, 0.25) is 11.2 Å². The molecule has 1 fully saturated rings. The van der Waals surface area contributed by atoms with E-state index in [-0.39, 0.29) is 11.3 Å². The van der Waals surface area contributed by atoms with Gasteiger partial charge in [-0.2, -0.15) is 15.0 Å². The van der Waals surface area contributed by atoms with Gasteiger partial charge in [0.1, 0.15) is 0 Å². The van der Waals surface area contributed by atoms with Crippen molar-refractivity contribution >= 4 is 17.5 Å². The monoisotopic (exact) mass is 256 g/mol. The minimum Gasteiger partial charge on any atom is -0.467 e. The number of hydrogen-bond acceptors (Lipinski definition) is 5. The lowest BCUT2D eigenvalue weighted by Crippen LogP contribution is -2.21. The van der Waals surface area contributed by atoms with Crippen LogP contribution in [0.4, 0.5) is 5.95 Å². The third-order valence-corrected chi connectivity index (χ3v) is 3.08. The zero-order valence-electron chi connectivity index (χ0n) is 10.1. The lowest BCUT2D eigenvalue weighted by Gasteiger charge is -2.16. The molecule has 1 aromatic rings. The average molecular weight is 257 g/mol. The fourth-order valence-corrected chi connectivity index (χ4v) is 1.91. The van der Waals surface area contributed by atoms with Crippen LogP contribution < -0.4 is 10.1 Å². The summed E-state index contributed by atoms with van der Waals surface area (Å²) in [4.78, 5) is 12.0. The van der Waals surface area contributed by atoms with Crippen LogP contribution in [0.25, 0.3) is 0 Å². The molecule has 1 aliphatic rings. The van der Waals surface area contributed by atoms with Gasteiger partial charge in [-0.05, 0) is 30.4 Å². The van der Waals surface area contributed by atoms with Gasteiger partial charge in [0, 0.05) is 6.04 Å². The van der Waals surface area contributed by atoms with Gasteiger partial charge in [0.05, 0.1) is 7.11 Å². The Hall–Kier alpha value is -1.10. The SMILES string of the molecule is CCC(CC1CC1)Nc1nc(Cl)nc(OC)n1. The maximum absolute atomic E-state index is 5.79. The van der Waals surface area contributed by atoms with E-state index < -0.39 is 0 Å². The highest BCUT2D eigenvalue weighted by Gasteiger charge is 2.25. The fraction of sp³-hybridized carbons (Fsp3) is 0.727. The zero-order chi connectivity index (χ0) is 12.3. The van der Waals surface area contributed by atoms with E-state index >= 15 is 0 Å². The average Bonchev–Trinajstić information content (AvgIpc) is 3.11. The van der Waals surface area contributed by atoms with Gasteiger partial charge in [-0.1, -0.05) is 19.8 Å². The molecule has 1 heterocycles. The van der Waals surface area contributed by atoms with E-state index in [1.807, 2.05) is 0 Å². The molecule has 0 aromatic carbocycles. The van der Waals surface area contributed by atoms with E-state index in [4.69, 9.17) is 16.3 Å². The molecule has 1 unspecified atom stereocenters. The Kier molecular flexibility index (Phi) is 3.99. The first-order chi connectivity index (χ1) is 8.21. The number of nitrogens with zero attached hydrogens (tertiary/aromatic N) is 3. The summed E-state index contributed by atoms with van der Waals surface area (Å²) < 4.78 is 4.96. The standard InChI is InChI=1S/C11H17ClN4O/c1-3-8(6-7-4-5-7)13-10-14-9(12)15-11(16-10)17-2/h7-8H,3-6H2,1-2H3,(H,13,14,15,16). The van der Waals surface area contributed by atoms with Crippen molar-refractivity contribution < 1.29 is 4.74 Å². The first kappa shape index (κ1) is 12.4. The van der Waals surface area contributed by atoms with Crippen LogP contribution in [0.15, 0.2) is 0 Å². The fourth-order valence-electron chi connectivity index (χ4n) is 1.75. The molecular formula is C11H17ClN4O. The Morgan fingerprint density at radius 2 is 2.18 bits per heavy atom. The molecule has 0 radical (unpaired) electrons. The minimum atomic E-state index is 0.153. The van der Waals surface area contributed by atoms with E-state index in [1.54, 1.807) is 0 Å². The maximum Gasteiger partial charge on any atom is 0.322 e. The number of rotatable bonds is 6.